The van der Waals surface area contributed by atoms with Crippen molar-refractivity contribution in [2.75, 3.05) is 13.1 Å². The molecule has 0 spiro atoms. The first-order valence-electron chi connectivity index (χ1n) is 6.88. The third kappa shape index (κ3) is 2.11. The van der Waals surface area contributed by atoms with Crippen LogP contribution in [-0.4, -0.2) is 27.4 Å². The van der Waals surface area contributed by atoms with Crippen molar-refractivity contribution < 1.29 is 0 Å². The normalized spacial score (nSPS) is 18.3. The van der Waals surface area contributed by atoms with E-state index in [1.54, 1.807) is 0 Å². The monoisotopic (exact) mass is 254 g/mol. The first-order valence-corrected chi connectivity index (χ1v) is 6.88. The number of imidazole rings is 1. The van der Waals surface area contributed by atoms with Crippen molar-refractivity contribution >= 4 is 5.65 Å². The van der Waals surface area contributed by atoms with E-state index in [1.807, 2.05) is 31.3 Å². The van der Waals surface area contributed by atoms with Gasteiger partial charge in [-0.15, -0.1) is 0 Å². The molecule has 3 heterocycles. The first-order chi connectivity index (χ1) is 9.31. The van der Waals surface area contributed by atoms with Crippen LogP contribution in [0.1, 0.15) is 36.7 Å². The Morgan fingerprint density at radius 1 is 1.26 bits per heavy atom. The number of piperidine rings is 1. The van der Waals surface area contributed by atoms with Crippen molar-refractivity contribution in [1.82, 2.24) is 14.3 Å². The summed E-state index contributed by atoms with van der Waals surface area (Å²) in [6, 6.07) is 8.25. The van der Waals surface area contributed by atoms with Gasteiger partial charge in [-0.05, 0) is 45.0 Å². The minimum Gasteiger partial charge on any atom is -0.301 e. The van der Waals surface area contributed by atoms with Gasteiger partial charge in [0.1, 0.15) is 11.7 Å². The summed E-state index contributed by atoms with van der Waals surface area (Å²) < 4.78 is 2.05. The lowest BCUT2D eigenvalue weighted by Crippen LogP contribution is -2.34. The van der Waals surface area contributed by atoms with Crippen molar-refractivity contribution in [3.8, 4) is 6.07 Å². The molecule has 1 aliphatic rings. The van der Waals surface area contributed by atoms with Crippen molar-refractivity contribution in [3.63, 3.8) is 0 Å². The first kappa shape index (κ1) is 12.2. The number of aromatic nitrogens is 2. The molecule has 19 heavy (non-hydrogen) atoms. The van der Waals surface area contributed by atoms with E-state index in [-0.39, 0.29) is 6.04 Å². The van der Waals surface area contributed by atoms with Crippen LogP contribution in [0, 0.1) is 18.3 Å². The number of nitrogens with zero attached hydrogens (tertiary/aromatic N) is 4. The third-order valence-corrected chi connectivity index (χ3v) is 3.89. The Kier molecular flexibility index (Phi) is 3.22. The van der Waals surface area contributed by atoms with Crippen LogP contribution in [-0.2, 0) is 0 Å². The lowest BCUT2D eigenvalue weighted by molar-refractivity contribution is 0.192. The van der Waals surface area contributed by atoms with Crippen LogP contribution in [0.4, 0.5) is 0 Å². The van der Waals surface area contributed by atoms with E-state index >= 15 is 0 Å². The highest BCUT2D eigenvalue weighted by molar-refractivity contribution is 5.44. The zero-order chi connectivity index (χ0) is 13.2. The van der Waals surface area contributed by atoms with Gasteiger partial charge in [-0.1, -0.05) is 12.5 Å². The summed E-state index contributed by atoms with van der Waals surface area (Å²) in [6.07, 6.45) is 5.65. The summed E-state index contributed by atoms with van der Waals surface area (Å²) >= 11 is 0. The third-order valence-electron chi connectivity index (χ3n) is 3.89. The number of rotatable bonds is 2. The van der Waals surface area contributed by atoms with Gasteiger partial charge in [0, 0.05) is 6.20 Å². The van der Waals surface area contributed by atoms with Gasteiger partial charge in [0.05, 0.1) is 17.5 Å². The fourth-order valence-electron chi connectivity index (χ4n) is 2.95. The molecule has 98 valence electrons. The number of likely N-dealkylation sites (tertiary alicyclic amines) is 1. The molecule has 4 heteroatoms. The maximum atomic E-state index is 9.60. The van der Waals surface area contributed by atoms with E-state index < -0.39 is 0 Å². The highest BCUT2D eigenvalue weighted by Crippen LogP contribution is 2.27. The van der Waals surface area contributed by atoms with Crippen LogP contribution in [0.15, 0.2) is 24.4 Å². The fourth-order valence-corrected chi connectivity index (χ4v) is 2.95. The molecule has 0 N–H and O–H groups in total. The molecule has 1 unspecified atom stereocenters. The molecule has 2 aromatic heterocycles. The molecule has 3 rings (SSSR count). The quantitative estimate of drug-likeness (QED) is 0.827. The predicted octanol–water partition coefficient (Wildman–Crippen LogP) is 2.69. The lowest BCUT2D eigenvalue weighted by atomic mass is 10.1. The van der Waals surface area contributed by atoms with E-state index in [2.05, 4.69) is 20.4 Å². The molecule has 1 saturated heterocycles. The van der Waals surface area contributed by atoms with Gasteiger partial charge >= 0.3 is 0 Å². The van der Waals surface area contributed by atoms with Crippen LogP contribution in [0.3, 0.4) is 0 Å². The van der Waals surface area contributed by atoms with Gasteiger partial charge in [0.15, 0.2) is 0 Å². The zero-order valence-corrected chi connectivity index (χ0v) is 11.2. The average molecular weight is 254 g/mol. The molecule has 0 amide bonds. The van der Waals surface area contributed by atoms with E-state index in [0.717, 1.165) is 30.1 Å². The van der Waals surface area contributed by atoms with E-state index in [4.69, 9.17) is 0 Å². The molecule has 0 aromatic carbocycles. The molecule has 0 aliphatic carbocycles. The maximum absolute atomic E-state index is 9.60. The van der Waals surface area contributed by atoms with E-state index in [9.17, 15) is 5.26 Å². The maximum Gasteiger partial charge on any atom is 0.141 e. The zero-order valence-electron chi connectivity index (χ0n) is 11.2. The molecule has 1 aliphatic heterocycles. The average Bonchev–Trinajstić information content (AvgIpc) is 2.78. The van der Waals surface area contributed by atoms with Gasteiger partial charge in [0.2, 0.25) is 0 Å². The number of fused-ring (bicyclic) bond motifs is 1. The molecular formula is C15H18N4. The highest BCUT2D eigenvalue weighted by atomic mass is 15.2. The van der Waals surface area contributed by atoms with Gasteiger partial charge in [-0.25, -0.2) is 4.98 Å². The Balaban J connectivity index is 2.06. The van der Waals surface area contributed by atoms with Gasteiger partial charge in [-0.3, -0.25) is 4.90 Å². The molecule has 0 saturated carbocycles. The molecular weight excluding hydrogens is 236 g/mol. The minimum absolute atomic E-state index is 0.183. The number of aryl methyl sites for hydroxylation is 1. The van der Waals surface area contributed by atoms with Crippen LogP contribution < -0.4 is 0 Å². The van der Waals surface area contributed by atoms with Crippen molar-refractivity contribution in [1.29, 1.82) is 5.26 Å². The number of pyridine rings is 1. The van der Waals surface area contributed by atoms with Gasteiger partial charge in [-0.2, -0.15) is 5.26 Å². The number of nitriles is 1. The molecule has 2 aromatic rings. The lowest BCUT2D eigenvalue weighted by Gasteiger charge is -2.30. The second kappa shape index (κ2) is 5.02. The Morgan fingerprint density at radius 2 is 2.05 bits per heavy atom. The topological polar surface area (TPSA) is 44.3 Å². The molecule has 1 atom stereocenters. The number of hydrogen-bond acceptors (Lipinski definition) is 3. The second-order valence-electron chi connectivity index (χ2n) is 5.14. The predicted molar refractivity (Wildman–Crippen MR) is 73.7 cm³/mol. The molecule has 4 nitrogen and oxygen atoms in total. The Bertz CT molecular complexity index is 617. The SMILES string of the molecule is Cc1nc2ccccn2c1C(C#N)N1CCCCC1. The second-order valence-corrected chi connectivity index (χ2v) is 5.14. The van der Waals surface area contributed by atoms with Crippen LogP contribution >= 0.6 is 0 Å². The summed E-state index contributed by atoms with van der Waals surface area (Å²) in [6.45, 7) is 4.02. The Morgan fingerprint density at radius 3 is 2.79 bits per heavy atom. The Hall–Kier alpha value is -1.86. The minimum atomic E-state index is -0.183. The summed E-state index contributed by atoms with van der Waals surface area (Å²) in [5, 5.41) is 9.60. The van der Waals surface area contributed by atoms with Gasteiger partial charge in [0.25, 0.3) is 0 Å². The van der Waals surface area contributed by atoms with Gasteiger partial charge < -0.3 is 4.40 Å². The summed E-state index contributed by atoms with van der Waals surface area (Å²) in [7, 11) is 0. The van der Waals surface area contributed by atoms with Crippen LogP contribution in [0.2, 0.25) is 0 Å². The van der Waals surface area contributed by atoms with E-state index in [0.29, 0.717) is 0 Å². The summed E-state index contributed by atoms with van der Waals surface area (Å²) in [4.78, 5) is 6.85. The Labute approximate surface area is 113 Å². The summed E-state index contributed by atoms with van der Waals surface area (Å²) in [5.74, 6) is 0. The van der Waals surface area contributed by atoms with Crippen molar-refractivity contribution in [2.45, 2.75) is 32.2 Å². The van der Waals surface area contributed by atoms with E-state index in [1.165, 1.54) is 19.3 Å². The molecule has 0 bridgehead atoms. The number of hydrogen-bond donors (Lipinski definition) is 0. The standard InChI is InChI=1S/C15H18N4/c1-12-15(19-10-6-3-7-14(19)17-12)13(11-16)18-8-4-2-5-9-18/h3,6-7,10,13H,2,4-5,8-9H2,1H3. The summed E-state index contributed by atoms with van der Waals surface area (Å²) in [5.41, 5.74) is 2.91. The molecule has 0 radical (unpaired) electrons. The smallest absolute Gasteiger partial charge is 0.141 e. The molecule has 1 fully saturated rings. The highest BCUT2D eigenvalue weighted by Gasteiger charge is 2.26. The largest absolute Gasteiger partial charge is 0.301 e. The van der Waals surface area contributed by atoms with Crippen LogP contribution in [0.5, 0.6) is 0 Å². The van der Waals surface area contributed by atoms with Crippen LogP contribution in [0.25, 0.3) is 5.65 Å². The van der Waals surface area contributed by atoms with Crippen molar-refractivity contribution in [2.24, 2.45) is 0 Å². The van der Waals surface area contributed by atoms with Crippen molar-refractivity contribution in [3.05, 3.63) is 35.8 Å². The fraction of sp³-hybridized carbons (Fsp3) is 0.467.